The highest BCUT2D eigenvalue weighted by molar-refractivity contribution is 6.23. The molecule has 0 bridgehead atoms. The molecule has 1 aliphatic rings. The molecular formula is C23H27N3O3. The molecule has 3 amide bonds. The van der Waals surface area contributed by atoms with Crippen molar-refractivity contribution in [2.75, 3.05) is 23.8 Å². The number of carbonyl (C=O) groups is 3. The second-order valence-corrected chi connectivity index (χ2v) is 7.74. The Hall–Kier alpha value is -2.99. The predicted molar refractivity (Wildman–Crippen MR) is 114 cm³/mol. The maximum atomic E-state index is 13.0. The molecule has 152 valence electrons. The van der Waals surface area contributed by atoms with Crippen LogP contribution in [0.5, 0.6) is 0 Å². The summed E-state index contributed by atoms with van der Waals surface area (Å²) in [6.07, 6.45) is 0.0693. The topological polar surface area (TPSA) is 69.7 Å². The van der Waals surface area contributed by atoms with Crippen LogP contribution in [0.15, 0.2) is 36.4 Å². The van der Waals surface area contributed by atoms with Gasteiger partial charge in [0.1, 0.15) is 0 Å². The highest BCUT2D eigenvalue weighted by Crippen LogP contribution is 2.30. The highest BCUT2D eigenvalue weighted by atomic mass is 16.2. The van der Waals surface area contributed by atoms with Gasteiger partial charge in [-0.15, -0.1) is 0 Å². The summed E-state index contributed by atoms with van der Waals surface area (Å²) in [6, 6.07) is 10.8. The van der Waals surface area contributed by atoms with Crippen molar-refractivity contribution in [3.05, 3.63) is 58.7 Å². The largest absolute Gasteiger partial charge is 0.325 e. The van der Waals surface area contributed by atoms with Crippen molar-refractivity contribution < 1.29 is 14.4 Å². The number of carbonyl (C=O) groups excluding carboxylic acids is 3. The Balaban J connectivity index is 1.72. The van der Waals surface area contributed by atoms with Gasteiger partial charge in [-0.25, -0.2) is 4.90 Å². The number of likely N-dealkylation sites (N-methyl/N-ethyl adjacent to an activating group) is 1. The van der Waals surface area contributed by atoms with Crippen LogP contribution < -0.4 is 10.2 Å². The zero-order valence-electron chi connectivity index (χ0n) is 17.6. The Morgan fingerprint density at radius 1 is 1.03 bits per heavy atom. The summed E-state index contributed by atoms with van der Waals surface area (Å²) in [7, 11) is 1.70. The third-order valence-corrected chi connectivity index (χ3v) is 5.59. The maximum absolute atomic E-state index is 13.0. The number of anilines is 2. The number of hydrogen-bond donors (Lipinski definition) is 1. The van der Waals surface area contributed by atoms with Crippen LogP contribution >= 0.6 is 0 Å². The summed E-state index contributed by atoms with van der Waals surface area (Å²) >= 11 is 0. The normalized spacial score (nSPS) is 16.6. The second-order valence-electron chi connectivity index (χ2n) is 7.74. The van der Waals surface area contributed by atoms with Crippen LogP contribution in [0.4, 0.5) is 11.4 Å². The molecule has 29 heavy (non-hydrogen) atoms. The molecule has 6 nitrogen and oxygen atoms in total. The molecule has 1 saturated heterocycles. The van der Waals surface area contributed by atoms with Gasteiger partial charge in [-0.2, -0.15) is 0 Å². The number of hydrogen-bond acceptors (Lipinski definition) is 4. The van der Waals surface area contributed by atoms with Gasteiger partial charge in [0.05, 0.1) is 24.7 Å². The number of nitrogens with one attached hydrogen (secondary N) is 1. The molecule has 0 saturated carbocycles. The Labute approximate surface area is 171 Å². The van der Waals surface area contributed by atoms with E-state index in [0.29, 0.717) is 5.69 Å². The van der Waals surface area contributed by atoms with Crippen LogP contribution in [0.3, 0.4) is 0 Å². The van der Waals surface area contributed by atoms with E-state index in [4.69, 9.17) is 0 Å². The van der Waals surface area contributed by atoms with Crippen LogP contribution in [-0.2, 0) is 14.4 Å². The minimum atomic E-state index is -0.647. The van der Waals surface area contributed by atoms with Crippen molar-refractivity contribution in [1.29, 1.82) is 0 Å². The molecule has 2 aromatic carbocycles. The van der Waals surface area contributed by atoms with Crippen molar-refractivity contribution in [3.8, 4) is 0 Å². The molecule has 1 unspecified atom stereocenters. The first kappa shape index (κ1) is 20.7. The number of amides is 3. The lowest BCUT2D eigenvalue weighted by atomic mass is 10.1. The highest BCUT2D eigenvalue weighted by Gasteiger charge is 2.42. The molecular weight excluding hydrogens is 366 g/mol. The van der Waals surface area contributed by atoms with Crippen molar-refractivity contribution in [1.82, 2.24) is 4.90 Å². The van der Waals surface area contributed by atoms with Gasteiger partial charge in [0.2, 0.25) is 11.8 Å². The summed E-state index contributed by atoms with van der Waals surface area (Å²) < 4.78 is 0. The van der Waals surface area contributed by atoms with Crippen LogP contribution in [0, 0.1) is 27.7 Å². The van der Waals surface area contributed by atoms with E-state index in [9.17, 15) is 14.4 Å². The van der Waals surface area contributed by atoms with E-state index >= 15 is 0 Å². The van der Waals surface area contributed by atoms with Crippen LogP contribution in [0.1, 0.15) is 28.7 Å². The molecule has 1 heterocycles. The zero-order chi connectivity index (χ0) is 21.3. The number of para-hydroxylation sites is 1. The quantitative estimate of drug-likeness (QED) is 0.793. The Morgan fingerprint density at radius 3 is 2.28 bits per heavy atom. The summed E-state index contributed by atoms with van der Waals surface area (Å²) in [4.78, 5) is 41.1. The molecule has 1 fully saturated rings. The third kappa shape index (κ3) is 4.07. The zero-order valence-corrected chi connectivity index (χ0v) is 17.6. The van der Waals surface area contributed by atoms with Crippen molar-refractivity contribution >= 4 is 29.1 Å². The number of aryl methyl sites for hydroxylation is 3. The lowest BCUT2D eigenvalue weighted by Crippen LogP contribution is -2.43. The SMILES string of the molecule is Cc1cccc(NC(=O)CN(C)C2CC(=O)N(c3c(C)cccc3C)C2=O)c1C. The van der Waals surface area contributed by atoms with Gasteiger partial charge in [-0.05, 0) is 63.1 Å². The first-order valence-electron chi connectivity index (χ1n) is 9.70. The Kier molecular flexibility index (Phi) is 5.84. The average Bonchev–Trinajstić information content (AvgIpc) is 2.94. The van der Waals surface area contributed by atoms with E-state index in [1.807, 2.05) is 64.1 Å². The van der Waals surface area contributed by atoms with E-state index in [1.165, 1.54) is 4.90 Å². The van der Waals surface area contributed by atoms with Gasteiger partial charge in [-0.1, -0.05) is 30.3 Å². The van der Waals surface area contributed by atoms with Crippen molar-refractivity contribution in [3.63, 3.8) is 0 Å². The van der Waals surface area contributed by atoms with E-state index in [0.717, 1.165) is 27.9 Å². The van der Waals surface area contributed by atoms with Crippen molar-refractivity contribution in [2.24, 2.45) is 0 Å². The number of imide groups is 1. The summed E-state index contributed by atoms with van der Waals surface area (Å²) in [6.45, 7) is 7.74. The Morgan fingerprint density at radius 2 is 1.62 bits per heavy atom. The number of benzene rings is 2. The van der Waals surface area contributed by atoms with Gasteiger partial charge in [0, 0.05) is 5.69 Å². The summed E-state index contributed by atoms with van der Waals surface area (Å²) in [5.74, 6) is -0.736. The maximum Gasteiger partial charge on any atom is 0.251 e. The van der Waals surface area contributed by atoms with Gasteiger partial charge in [0.25, 0.3) is 5.91 Å². The minimum Gasteiger partial charge on any atom is -0.325 e. The Bertz CT molecular complexity index is 963. The standard InChI is InChI=1S/C23H27N3O3/c1-14-8-7-11-18(17(14)4)24-20(27)13-25(5)19-12-21(28)26(23(19)29)22-15(2)9-6-10-16(22)3/h6-11,19H,12-13H2,1-5H3,(H,24,27). The van der Waals surface area contributed by atoms with E-state index in [1.54, 1.807) is 11.9 Å². The summed E-state index contributed by atoms with van der Waals surface area (Å²) in [5.41, 5.74) is 5.27. The number of nitrogens with zero attached hydrogens (tertiary/aromatic N) is 2. The smallest absolute Gasteiger partial charge is 0.251 e. The van der Waals surface area contributed by atoms with E-state index in [-0.39, 0.29) is 30.7 Å². The van der Waals surface area contributed by atoms with E-state index < -0.39 is 6.04 Å². The van der Waals surface area contributed by atoms with E-state index in [2.05, 4.69) is 5.32 Å². The molecule has 3 rings (SSSR count). The fourth-order valence-electron chi connectivity index (χ4n) is 3.77. The van der Waals surface area contributed by atoms with Gasteiger partial charge < -0.3 is 5.32 Å². The lowest BCUT2D eigenvalue weighted by Gasteiger charge is -2.24. The van der Waals surface area contributed by atoms with Crippen LogP contribution in [-0.4, -0.2) is 42.3 Å². The molecule has 1 atom stereocenters. The molecule has 1 N–H and O–H groups in total. The van der Waals surface area contributed by atoms with Gasteiger partial charge in [-0.3, -0.25) is 19.3 Å². The molecule has 1 aliphatic heterocycles. The first-order chi connectivity index (χ1) is 13.7. The van der Waals surface area contributed by atoms with Gasteiger partial charge >= 0.3 is 0 Å². The van der Waals surface area contributed by atoms with Crippen LogP contribution in [0.2, 0.25) is 0 Å². The molecule has 0 radical (unpaired) electrons. The molecule has 2 aromatic rings. The fourth-order valence-corrected chi connectivity index (χ4v) is 3.77. The van der Waals surface area contributed by atoms with Crippen LogP contribution in [0.25, 0.3) is 0 Å². The van der Waals surface area contributed by atoms with Crippen molar-refractivity contribution in [2.45, 2.75) is 40.2 Å². The lowest BCUT2D eigenvalue weighted by molar-refractivity contribution is -0.123. The fraction of sp³-hybridized carbons (Fsp3) is 0.348. The molecule has 6 heteroatoms. The predicted octanol–water partition coefficient (Wildman–Crippen LogP) is 3.12. The van der Waals surface area contributed by atoms with Gasteiger partial charge in [0.15, 0.2) is 0 Å². The first-order valence-corrected chi connectivity index (χ1v) is 9.70. The minimum absolute atomic E-state index is 0.0255. The monoisotopic (exact) mass is 393 g/mol. The molecule has 0 aliphatic carbocycles. The third-order valence-electron chi connectivity index (χ3n) is 5.59. The second kappa shape index (κ2) is 8.17. The molecule has 0 spiro atoms. The molecule has 0 aromatic heterocycles. The average molecular weight is 393 g/mol. The summed E-state index contributed by atoms with van der Waals surface area (Å²) in [5, 5.41) is 2.90. The number of rotatable bonds is 5.